The molecule has 0 fully saturated rings. The molecule has 2 aromatic carbocycles. The number of rotatable bonds is 5. The maximum atomic E-state index is 13.9. The maximum Gasteiger partial charge on any atom is 0.191 e. The first-order valence-electron chi connectivity index (χ1n) is 7.45. The Morgan fingerprint density at radius 3 is 2.56 bits per heavy atom. The lowest BCUT2D eigenvalue weighted by Crippen LogP contribution is -2.00. The Bertz CT molecular complexity index is 894. The summed E-state index contributed by atoms with van der Waals surface area (Å²) in [5.41, 5.74) is 1.20. The molecule has 0 spiro atoms. The van der Waals surface area contributed by atoms with Crippen molar-refractivity contribution in [2.45, 2.75) is 24.4 Å². The van der Waals surface area contributed by atoms with Gasteiger partial charge in [-0.2, -0.15) is 0 Å². The van der Waals surface area contributed by atoms with Gasteiger partial charge >= 0.3 is 0 Å². The minimum atomic E-state index is -0.330. The maximum absolute atomic E-state index is 13.9. The van der Waals surface area contributed by atoms with E-state index in [4.69, 9.17) is 34.8 Å². The fourth-order valence-corrected chi connectivity index (χ4v) is 4.20. The summed E-state index contributed by atoms with van der Waals surface area (Å²) in [5, 5.41) is 10.6. The molecule has 0 aliphatic heterocycles. The first kappa shape index (κ1) is 18.5. The standard InChI is InChI=1S/C17H13Cl3FN3S/c1-2-24-16(11-7-6-10(18)8-14(11)20)22-23-17(24)25-9-12-13(19)4-3-5-15(12)21/h3-8H,2,9H2,1H3. The van der Waals surface area contributed by atoms with Crippen LogP contribution in [0.25, 0.3) is 11.4 Å². The van der Waals surface area contributed by atoms with Gasteiger partial charge in [-0.1, -0.05) is 52.6 Å². The Labute approximate surface area is 164 Å². The van der Waals surface area contributed by atoms with Crippen LogP contribution in [0.3, 0.4) is 0 Å². The molecule has 3 aromatic rings. The van der Waals surface area contributed by atoms with Crippen molar-refractivity contribution in [2.24, 2.45) is 0 Å². The van der Waals surface area contributed by atoms with Gasteiger partial charge in [0.25, 0.3) is 0 Å². The number of nitrogens with zero attached hydrogens (tertiary/aromatic N) is 3. The Morgan fingerprint density at radius 1 is 1.08 bits per heavy atom. The summed E-state index contributed by atoms with van der Waals surface area (Å²) < 4.78 is 15.9. The Hall–Kier alpha value is -1.27. The van der Waals surface area contributed by atoms with Crippen LogP contribution >= 0.6 is 46.6 Å². The van der Waals surface area contributed by atoms with Crippen LogP contribution in [0, 0.1) is 5.82 Å². The average molecular weight is 417 g/mol. The van der Waals surface area contributed by atoms with E-state index < -0.39 is 0 Å². The number of halogens is 4. The van der Waals surface area contributed by atoms with Gasteiger partial charge < -0.3 is 4.57 Å². The van der Waals surface area contributed by atoms with Crippen LogP contribution in [0.2, 0.25) is 15.1 Å². The van der Waals surface area contributed by atoms with Gasteiger partial charge in [0.15, 0.2) is 11.0 Å². The molecule has 0 aliphatic carbocycles. The lowest BCUT2D eigenvalue weighted by Gasteiger charge is -2.09. The second-order valence-electron chi connectivity index (χ2n) is 5.16. The molecule has 0 amide bonds. The minimum Gasteiger partial charge on any atom is -0.302 e. The van der Waals surface area contributed by atoms with E-state index in [2.05, 4.69) is 10.2 Å². The zero-order valence-electron chi connectivity index (χ0n) is 13.1. The lowest BCUT2D eigenvalue weighted by atomic mass is 10.2. The highest BCUT2D eigenvalue weighted by molar-refractivity contribution is 7.98. The molecule has 0 aliphatic rings. The van der Waals surface area contributed by atoms with Crippen LogP contribution in [-0.2, 0) is 12.3 Å². The zero-order chi connectivity index (χ0) is 18.0. The number of aromatic nitrogens is 3. The van der Waals surface area contributed by atoms with Crippen LogP contribution in [-0.4, -0.2) is 14.8 Å². The van der Waals surface area contributed by atoms with Crippen LogP contribution in [0.5, 0.6) is 0 Å². The summed E-state index contributed by atoms with van der Waals surface area (Å²) in [7, 11) is 0. The van der Waals surface area contributed by atoms with Gasteiger partial charge in [-0.15, -0.1) is 10.2 Å². The normalized spacial score (nSPS) is 11.1. The SMILES string of the molecule is CCn1c(SCc2c(F)cccc2Cl)nnc1-c1ccc(Cl)cc1Cl. The molecule has 1 heterocycles. The number of hydrogen-bond acceptors (Lipinski definition) is 3. The molecule has 0 N–H and O–H groups in total. The molecular weight excluding hydrogens is 404 g/mol. The van der Waals surface area contributed by atoms with Gasteiger partial charge in [-0.25, -0.2) is 4.39 Å². The number of hydrogen-bond donors (Lipinski definition) is 0. The molecule has 1 aromatic heterocycles. The Kier molecular flexibility index (Phi) is 5.89. The van der Waals surface area contributed by atoms with Crippen molar-refractivity contribution < 1.29 is 4.39 Å². The first-order valence-corrected chi connectivity index (χ1v) is 9.57. The lowest BCUT2D eigenvalue weighted by molar-refractivity contribution is 0.617. The van der Waals surface area contributed by atoms with E-state index in [0.717, 1.165) is 5.56 Å². The van der Waals surface area contributed by atoms with E-state index in [-0.39, 0.29) is 5.82 Å². The van der Waals surface area contributed by atoms with E-state index in [0.29, 0.717) is 43.9 Å². The van der Waals surface area contributed by atoms with E-state index in [9.17, 15) is 4.39 Å². The largest absolute Gasteiger partial charge is 0.302 e. The van der Waals surface area contributed by atoms with Crippen molar-refractivity contribution in [1.29, 1.82) is 0 Å². The zero-order valence-corrected chi connectivity index (χ0v) is 16.2. The van der Waals surface area contributed by atoms with Gasteiger partial charge in [0.05, 0.1) is 5.02 Å². The predicted octanol–water partition coefficient (Wildman–Crippen LogP) is 6.36. The monoisotopic (exact) mass is 415 g/mol. The third-order valence-corrected chi connectivity index (χ3v) is 5.51. The molecule has 0 bridgehead atoms. The molecule has 0 atom stereocenters. The Morgan fingerprint density at radius 2 is 1.88 bits per heavy atom. The average Bonchev–Trinajstić information content (AvgIpc) is 2.97. The molecule has 3 rings (SSSR count). The first-order chi connectivity index (χ1) is 12.0. The molecule has 8 heteroatoms. The molecule has 0 saturated carbocycles. The van der Waals surface area contributed by atoms with Crippen LogP contribution in [0.15, 0.2) is 41.6 Å². The fourth-order valence-electron chi connectivity index (χ4n) is 2.36. The van der Waals surface area contributed by atoms with Gasteiger partial charge in [0, 0.05) is 33.5 Å². The Balaban J connectivity index is 1.90. The summed E-state index contributed by atoms with van der Waals surface area (Å²) in [6.45, 7) is 2.63. The van der Waals surface area contributed by atoms with Crippen LogP contribution in [0.1, 0.15) is 12.5 Å². The molecule has 130 valence electrons. The number of thioether (sulfide) groups is 1. The van der Waals surface area contributed by atoms with E-state index >= 15 is 0 Å². The highest BCUT2D eigenvalue weighted by atomic mass is 35.5. The summed E-state index contributed by atoms with van der Waals surface area (Å²) in [5.74, 6) is 0.674. The summed E-state index contributed by atoms with van der Waals surface area (Å²) in [4.78, 5) is 0. The van der Waals surface area contributed by atoms with E-state index in [1.165, 1.54) is 17.8 Å². The minimum absolute atomic E-state index is 0.330. The van der Waals surface area contributed by atoms with Crippen molar-refractivity contribution in [1.82, 2.24) is 14.8 Å². The van der Waals surface area contributed by atoms with Crippen molar-refractivity contribution in [3.8, 4) is 11.4 Å². The van der Waals surface area contributed by atoms with Crippen LogP contribution < -0.4 is 0 Å². The van der Waals surface area contributed by atoms with Crippen molar-refractivity contribution in [3.05, 3.63) is 62.8 Å². The molecular formula is C17H13Cl3FN3S. The predicted molar refractivity (Wildman–Crippen MR) is 102 cm³/mol. The third-order valence-electron chi connectivity index (χ3n) is 3.61. The van der Waals surface area contributed by atoms with E-state index in [1.54, 1.807) is 24.3 Å². The summed E-state index contributed by atoms with van der Waals surface area (Å²) >= 11 is 19.7. The topological polar surface area (TPSA) is 30.7 Å². The third kappa shape index (κ3) is 3.95. The highest BCUT2D eigenvalue weighted by Gasteiger charge is 2.17. The molecule has 0 saturated heterocycles. The second kappa shape index (κ2) is 7.96. The van der Waals surface area contributed by atoms with Gasteiger partial charge in [-0.05, 0) is 37.3 Å². The fraction of sp³-hybridized carbons (Fsp3) is 0.176. The van der Waals surface area contributed by atoms with Gasteiger partial charge in [0.2, 0.25) is 0 Å². The number of benzene rings is 2. The molecule has 3 nitrogen and oxygen atoms in total. The van der Waals surface area contributed by atoms with Gasteiger partial charge in [0.1, 0.15) is 5.82 Å². The van der Waals surface area contributed by atoms with Crippen LogP contribution in [0.4, 0.5) is 4.39 Å². The summed E-state index contributed by atoms with van der Waals surface area (Å²) in [6.07, 6.45) is 0. The summed E-state index contributed by atoms with van der Waals surface area (Å²) in [6, 6.07) is 9.88. The van der Waals surface area contributed by atoms with Crippen molar-refractivity contribution in [2.75, 3.05) is 0 Å². The quantitative estimate of drug-likeness (QED) is 0.454. The smallest absolute Gasteiger partial charge is 0.191 e. The van der Waals surface area contributed by atoms with Crippen molar-refractivity contribution in [3.63, 3.8) is 0 Å². The molecule has 0 unspecified atom stereocenters. The highest BCUT2D eigenvalue weighted by Crippen LogP contribution is 2.33. The van der Waals surface area contributed by atoms with Gasteiger partial charge in [-0.3, -0.25) is 0 Å². The van der Waals surface area contributed by atoms with E-state index in [1.807, 2.05) is 17.6 Å². The molecule has 25 heavy (non-hydrogen) atoms. The second-order valence-corrected chi connectivity index (χ2v) is 7.36. The van der Waals surface area contributed by atoms with Crippen molar-refractivity contribution >= 4 is 46.6 Å². The molecule has 0 radical (unpaired) electrons.